The first kappa shape index (κ1) is 13.3. The molecule has 0 aliphatic carbocycles. The van der Waals surface area contributed by atoms with E-state index in [0.29, 0.717) is 6.29 Å². The molecular formula is C14H12O4S. The predicted molar refractivity (Wildman–Crippen MR) is 70.3 cm³/mol. The van der Waals surface area contributed by atoms with Crippen LogP contribution < -0.4 is 4.74 Å². The highest BCUT2D eigenvalue weighted by Gasteiger charge is 2.22. The molecule has 0 atom stereocenters. The molecule has 0 aliphatic heterocycles. The summed E-state index contributed by atoms with van der Waals surface area (Å²) in [6.07, 6.45) is 0.601. The van der Waals surface area contributed by atoms with Crippen molar-refractivity contribution in [1.82, 2.24) is 0 Å². The highest BCUT2D eigenvalue weighted by atomic mass is 32.2. The minimum Gasteiger partial charge on any atom is -0.495 e. The SMILES string of the molecule is COc1ccc(C=O)cc1S(=O)(=O)c1ccccc1. The normalized spacial score (nSPS) is 11.0. The van der Waals surface area contributed by atoms with Crippen molar-refractivity contribution in [2.24, 2.45) is 0 Å². The van der Waals surface area contributed by atoms with Gasteiger partial charge in [-0.3, -0.25) is 4.79 Å². The second-order valence-electron chi connectivity index (χ2n) is 3.84. The summed E-state index contributed by atoms with van der Waals surface area (Å²) in [6.45, 7) is 0. The van der Waals surface area contributed by atoms with Gasteiger partial charge in [-0.1, -0.05) is 18.2 Å². The fourth-order valence-corrected chi connectivity index (χ4v) is 3.18. The molecule has 0 fully saturated rings. The fraction of sp³-hybridized carbons (Fsp3) is 0.0714. The van der Waals surface area contributed by atoms with Crippen LogP contribution in [0.25, 0.3) is 0 Å². The Hall–Kier alpha value is -2.14. The standard InChI is InChI=1S/C14H12O4S/c1-18-13-8-7-11(10-15)9-14(13)19(16,17)12-5-3-2-4-6-12/h2-10H,1H3. The smallest absolute Gasteiger partial charge is 0.210 e. The van der Waals surface area contributed by atoms with E-state index < -0.39 is 9.84 Å². The number of carbonyl (C=O) groups is 1. The summed E-state index contributed by atoms with van der Waals surface area (Å²) in [4.78, 5) is 10.9. The first-order valence-electron chi connectivity index (χ1n) is 5.53. The molecule has 0 unspecified atom stereocenters. The minimum atomic E-state index is -3.70. The number of ether oxygens (including phenoxy) is 1. The average Bonchev–Trinajstić information content (AvgIpc) is 2.47. The number of carbonyl (C=O) groups excluding carboxylic acids is 1. The van der Waals surface area contributed by atoms with Crippen molar-refractivity contribution in [1.29, 1.82) is 0 Å². The van der Waals surface area contributed by atoms with E-state index in [4.69, 9.17) is 4.74 Å². The van der Waals surface area contributed by atoms with Gasteiger partial charge in [0.15, 0.2) is 0 Å². The molecule has 0 aliphatic rings. The van der Waals surface area contributed by atoms with Gasteiger partial charge in [0.2, 0.25) is 9.84 Å². The first-order valence-corrected chi connectivity index (χ1v) is 7.01. The molecule has 0 bridgehead atoms. The number of sulfone groups is 1. The molecule has 98 valence electrons. The largest absolute Gasteiger partial charge is 0.495 e. The van der Waals surface area contributed by atoms with Crippen LogP contribution in [0.5, 0.6) is 5.75 Å². The molecule has 2 aromatic carbocycles. The third-order valence-electron chi connectivity index (χ3n) is 2.67. The first-order chi connectivity index (χ1) is 9.09. The number of benzene rings is 2. The van der Waals surface area contributed by atoms with Gasteiger partial charge in [0, 0.05) is 5.56 Å². The van der Waals surface area contributed by atoms with Gasteiger partial charge in [0.1, 0.15) is 16.9 Å². The van der Waals surface area contributed by atoms with Crippen molar-refractivity contribution in [2.75, 3.05) is 7.11 Å². The molecule has 19 heavy (non-hydrogen) atoms. The van der Waals surface area contributed by atoms with Gasteiger partial charge in [0.05, 0.1) is 12.0 Å². The Labute approximate surface area is 111 Å². The average molecular weight is 276 g/mol. The van der Waals surface area contributed by atoms with E-state index in [1.165, 1.54) is 37.4 Å². The molecule has 0 heterocycles. The Morgan fingerprint density at radius 1 is 1.05 bits per heavy atom. The van der Waals surface area contributed by atoms with Crippen LogP contribution in [0, 0.1) is 0 Å². The molecule has 4 nitrogen and oxygen atoms in total. The predicted octanol–water partition coefficient (Wildman–Crippen LogP) is 2.34. The van der Waals surface area contributed by atoms with E-state index in [1.54, 1.807) is 18.2 Å². The van der Waals surface area contributed by atoms with Gasteiger partial charge < -0.3 is 4.74 Å². The van der Waals surface area contributed by atoms with Gasteiger partial charge in [-0.25, -0.2) is 8.42 Å². The molecule has 0 saturated heterocycles. The van der Waals surface area contributed by atoms with E-state index in [9.17, 15) is 13.2 Å². The van der Waals surface area contributed by atoms with Crippen LogP contribution in [0.2, 0.25) is 0 Å². The Kier molecular flexibility index (Phi) is 3.66. The van der Waals surface area contributed by atoms with E-state index >= 15 is 0 Å². The van der Waals surface area contributed by atoms with Crippen LogP contribution in [0.1, 0.15) is 10.4 Å². The quantitative estimate of drug-likeness (QED) is 0.804. The van der Waals surface area contributed by atoms with E-state index in [2.05, 4.69) is 0 Å². The van der Waals surface area contributed by atoms with E-state index in [1.807, 2.05) is 0 Å². The number of methoxy groups -OCH3 is 1. The molecular weight excluding hydrogens is 264 g/mol. The van der Waals surface area contributed by atoms with Gasteiger partial charge in [0.25, 0.3) is 0 Å². The lowest BCUT2D eigenvalue weighted by Crippen LogP contribution is -2.05. The van der Waals surface area contributed by atoms with Crippen LogP contribution in [-0.2, 0) is 9.84 Å². The molecule has 2 rings (SSSR count). The lowest BCUT2D eigenvalue weighted by Gasteiger charge is -2.10. The maximum atomic E-state index is 12.5. The van der Waals surface area contributed by atoms with Crippen molar-refractivity contribution in [2.45, 2.75) is 9.79 Å². The summed E-state index contributed by atoms with van der Waals surface area (Å²) in [7, 11) is -2.31. The molecule has 0 aromatic heterocycles. The van der Waals surface area contributed by atoms with Gasteiger partial charge >= 0.3 is 0 Å². The van der Waals surface area contributed by atoms with Crippen molar-refractivity contribution in [3.63, 3.8) is 0 Å². The van der Waals surface area contributed by atoms with Crippen LogP contribution in [0.15, 0.2) is 58.3 Å². The Morgan fingerprint density at radius 3 is 2.32 bits per heavy atom. The molecule has 5 heteroatoms. The molecule has 0 saturated carbocycles. The van der Waals surface area contributed by atoms with Gasteiger partial charge in [-0.2, -0.15) is 0 Å². The minimum absolute atomic E-state index is 0.00852. The van der Waals surface area contributed by atoms with E-state index in [0.717, 1.165) is 0 Å². The Morgan fingerprint density at radius 2 is 1.74 bits per heavy atom. The maximum Gasteiger partial charge on any atom is 0.210 e. The Balaban J connectivity index is 2.66. The fourth-order valence-electron chi connectivity index (χ4n) is 1.70. The summed E-state index contributed by atoms with van der Waals surface area (Å²) < 4.78 is 30.0. The highest BCUT2D eigenvalue weighted by molar-refractivity contribution is 7.91. The lowest BCUT2D eigenvalue weighted by atomic mass is 10.2. The van der Waals surface area contributed by atoms with Gasteiger partial charge in [-0.15, -0.1) is 0 Å². The maximum absolute atomic E-state index is 12.5. The van der Waals surface area contributed by atoms with Crippen molar-refractivity contribution >= 4 is 16.1 Å². The monoisotopic (exact) mass is 276 g/mol. The summed E-state index contributed by atoms with van der Waals surface area (Å²) in [6, 6.07) is 12.3. The third kappa shape index (κ3) is 2.51. The lowest BCUT2D eigenvalue weighted by molar-refractivity contribution is 0.112. The van der Waals surface area contributed by atoms with Crippen molar-refractivity contribution < 1.29 is 17.9 Å². The molecule has 0 N–H and O–H groups in total. The zero-order valence-electron chi connectivity index (χ0n) is 10.2. The van der Waals surface area contributed by atoms with Gasteiger partial charge in [-0.05, 0) is 30.3 Å². The number of hydrogen-bond donors (Lipinski definition) is 0. The molecule has 2 aromatic rings. The topological polar surface area (TPSA) is 60.4 Å². The number of hydrogen-bond acceptors (Lipinski definition) is 4. The molecule has 0 spiro atoms. The highest BCUT2D eigenvalue weighted by Crippen LogP contribution is 2.29. The van der Waals surface area contributed by atoms with Crippen molar-refractivity contribution in [3.8, 4) is 5.75 Å². The summed E-state index contributed by atoms with van der Waals surface area (Å²) in [5, 5.41) is 0. The molecule has 0 amide bonds. The van der Waals surface area contributed by atoms with Crippen molar-refractivity contribution in [3.05, 3.63) is 54.1 Å². The second-order valence-corrected chi connectivity index (χ2v) is 5.76. The van der Waals surface area contributed by atoms with Crippen LogP contribution >= 0.6 is 0 Å². The third-order valence-corrected chi connectivity index (χ3v) is 4.46. The van der Waals surface area contributed by atoms with Crippen LogP contribution in [-0.4, -0.2) is 21.8 Å². The Bertz CT molecular complexity index is 691. The zero-order valence-corrected chi connectivity index (χ0v) is 11.1. The summed E-state index contributed by atoms with van der Waals surface area (Å²) in [5.74, 6) is 0.217. The summed E-state index contributed by atoms with van der Waals surface area (Å²) >= 11 is 0. The molecule has 0 radical (unpaired) electrons. The van der Waals surface area contributed by atoms with Crippen LogP contribution in [0.4, 0.5) is 0 Å². The number of aldehydes is 1. The second kappa shape index (κ2) is 5.24. The van der Waals surface area contributed by atoms with E-state index in [-0.39, 0.29) is 21.1 Å². The van der Waals surface area contributed by atoms with Crippen LogP contribution in [0.3, 0.4) is 0 Å². The zero-order chi connectivity index (χ0) is 13.9. The summed E-state index contributed by atoms with van der Waals surface area (Å²) in [5.41, 5.74) is 0.287. The number of rotatable bonds is 4.